The molecule has 4 nitrogen and oxygen atoms in total. The largest absolute Gasteiger partial charge is 0.362 e. The van der Waals surface area contributed by atoms with Crippen LogP contribution in [0.4, 0.5) is 11.5 Å². The third-order valence-corrected chi connectivity index (χ3v) is 1.90. The first-order valence-corrected chi connectivity index (χ1v) is 4.35. The molecule has 2 aromatic rings. The highest BCUT2D eigenvalue weighted by molar-refractivity contribution is 5.58. The zero-order valence-electron chi connectivity index (χ0n) is 7.60. The number of benzene rings is 1. The smallest absolute Gasteiger partial charge is 0.178 e. The maximum Gasteiger partial charge on any atom is 0.178 e. The standard InChI is InChI=1S/C10H11N3O/c11-6-8-7-14-13-10(8)12-9-4-2-1-3-5-9/h1-5,7H,6,11H2,(H,12,13). The molecule has 0 unspecified atom stereocenters. The van der Waals surface area contributed by atoms with Crippen molar-refractivity contribution in [3.8, 4) is 0 Å². The van der Waals surface area contributed by atoms with E-state index in [1.54, 1.807) is 6.26 Å². The van der Waals surface area contributed by atoms with E-state index in [4.69, 9.17) is 10.3 Å². The van der Waals surface area contributed by atoms with E-state index >= 15 is 0 Å². The second-order valence-corrected chi connectivity index (χ2v) is 2.88. The Morgan fingerprint density at radius 2 is 2.07 bits per heavy atom. The number of hydrogen-bond acceptors (Lipinski definition) is 4. The van der Waals surface area contributed by atoms with Crippen LogP contribution in [0.15, 0.2) is 41.1 Å². The van der Waals surface area contributed by atoms with Crippen LogP contribution >= 0.6 is 0 Å². The fraction of sp³-hybridized carbons (Fsp3) is 0.100. The quantitative estimate of drug-likeness (QED) is 0.773. The van der Waals surface area contributed by atoms with Gasteiger partial charge >= 0.3 is 0 Å². The molecule has 0 aliphatic heterocycles. The third kappa shape index (κ3) is 1.75. The molecule has 0 aliphatic carbocycles. The van der Waals surface area contributed by atoms with Gasteiger partial charge in [0.25, 0.3) is 0 Å². The minimum absolute atomic E-state index is 0.415. The number of hydrogen-bond donors (Lipinski definition) is 2. The lowest BCUT2D eigenvalue weighted by atomic mass is 10.3. The summed E-state index contributed by atoms with van der Waals surface area (Å²) in [6.07, 6.45) is 1.55. The topological polar surface area (TPSA) is 64.1 Å². The average molecular weight is 189 g/mol. The maximum atomic E-state index is 5.51. The zero-order chi connectivity index (χ0) is 9.80. The predicted octanol–water partition coefficient (Wildman–Crippen LogP) is 1.88. The van der Waals surface area contributed by atoms with Crippen molar-refractivity contribution in [3.05, 3.63) is 42.2 Å². The minimum atomic E-state index is 0.415. The first kappa shape index (κ1) is 8.77. The summed E-state index contributed by atoms with van der Waals surface area (Å²) in [6.45, 7) is 0.415. The maximum absolute atomic E-state index is 5.51. The van der Waals surface area contributed by atoms with Crippen molar-refractivity contribution in [3.63, 3.8) is 0 Å². The fourth-order valence-electron chi connectivity index (χ4n) is 1.16. The molecule has 0 fully saturated rings. The first-order valence-electron chi connectivity index (χ1n) is 4.35. The molecule has 0 aliphatic rings. The summed E-state index contributed by atoms with van der Waals surface area (Å²) in [6, 6.07) is 9.76. The van der Waals surface area contributed by atoms with Gasteiger partial charge in [0, 0.05) is 17.8 Å². The molecule has 0 spiro atoms. The minimum Gasteiger partial charge on any atom is -0.362 e. The summed E-state index contributed by atoms with van der Waals surface area (Å²) in [7, 11) is 0. The van der Waals surface area contributed by atoms with E-state index in [9.17, 15) is 0 Å². The Hall–Kier alpha value is -1.81. The summed E-state index contributed by atoms with van der Waals surface area (Å²) in [4.78, 5) is 0. The molecule has 14 heavy (non-hydrogen) atoms. The van der Waals surface area contributed by atoms with E-state index in [0.29, 0.717) is 12.4 Å². The van der Waals surface area contributed by atoms with Gasteiger partial charge in [0.2, 0.25) is 0 Å². The number of anilines is 2. The molecule has 0 amide bonds. The highest BCUT2D eigenvalue weighted by Crippen LogP contribution is 2.17. The molecule has 0 saturated heterocycles. The first-order chi connectivity index (χ1) is 6.90. The van der Waals surface area contributed by atoms with Gasteiger partial charge < -0.3 is 15.6 Å². The van der Waals surface area contributed by atoms with Crippen molar-refractivity contribution >= 4 is 11.5 Å². The summed E-state index contributed by atoms with van der Waals surface area (Å²) < 4.78 is 4.82. The Bertz CT molecular complexity index is 397. The monoisotopic (exact) mass is 189 g/mol. The Balaban J connectivity index is 2.19. The summed E-state index contributed by atoms with van der Waals surface area (Å²) in [5.41, 5.74) is 7.35. The summed E-state index contributed by atoms with van der Waals surface area (Å²) in [5.74, 6) is 0.679. The van der Waals surface area contributed by atoms with Gasteiger partial charge in [0.15, 0.2) is 5.82 Å². The number of aromatic nitrogens is 1. The third-order valence-electron chi connectivity index (χ3n) is 1.90. The van der Waals surface area contributed by atoms with E-state index in [0.717, 1.165) is 11.3 Å². The number of nitrogens with one attached hydrogen (secondary N) is 1. The van der Waals surface area contributed by atoms with Crippen molar-refractivity contribution in [1.82, 2.24) is 5.16 Å². The van der Waals surface area contributed by atoms with Crippen LogP contribution in [0.1, 0.15) is 5.56 Å². The molecular formula is C10H11N3O. The lowest BCUT2D eigenvalue weighted by Crippen LogP contribution is -1.99. The van der Waals surface area contributed by atoms with Gasteiger partial charge in [0.05, 0.1) is 0 Å². The molecule has 1 heterocycles. The SMILES string of the molecule is NCc1conc1Nc1ccccc1. The Morgan fingerprint density at radius 1 is 1.29 bits per heavy atom. The fourth-order valence-corrected chi connectivity index (χ4v) is 1.16. The van der Waals surface area contributed by atoms with Gasteiger partial charge in [-0.15, -0.1) is 0 Å². The zero-order valence-corrected chi connectivity index (χ0v) is 7.60. The van der Waals surface area contributed by atoms with Crippen molar-refractivity contribution in [2.45, 2.75) is 6.54 Å². The van der Waals surface area contributed by atoms with Crippen LogP contribution in [0.5, 0.6) is 0 Å². The van der Waals surface area contributed by atoms with E-state index in [-0.39, 0.29) is 0 Å². The Labute approximate surface area is 81.7 Å². The molecule has 2 rings (SSSR count). The molecule has 1 aromatic carbocycles. The van der Waals surface area contributed by atoms with Crippen LogP contribution in [0.3, 0.4) is 0 Å². The van der Waals surface area contributed by atoms with E-state index in [1.807, 2.05) is 30.3 Å². The molecule has 3 N–H and O–H groups in total. The van der Waals surface area contributed by atoms with Crippen molar-refractivity contribution in [2.24, 2.45) is 5.73 Å². The van der Waals surface area contributed by atoms with Gasteiger partial charge in [-0.3, -0.25) is 0 Å². The average Bonchev–Trinajstić information content (AvgIpc) is 2.67. The highest BCUT2D eigenvalue weighted by Gasteiger charge is 2.04. The van der Waals surface area contributed by atoms with Gasteiger partial charge in [-0.1, -0.05) is 23.4 Å². The van der Waals surface area contributed by atoms with Crippen LogP contribution in [-0.2, 0) is 6.54 Å². The molecule has 0 bridgehead atoms. The van der Waals surface area contributed by atoms with Gasteiger partial charge in [-0.2, -0.15) is 0 Å². The van der Waals surface area contributed by atoms with Crippen molar-refractivity contribution in [2.75, 3.05) is 5.32 Å². The Kier molecular flexibility index (Phi) is 2.46. The molecule has 4 heteroatoms. The normalized spacial score (nSPS) is 10.1. The highest BCUT2D eigenvalue weighted by atomic mass is 16.5. The molecule has 1 aromatic heterocycles. The van der Waals surface area contributed by atoms with Crippen LogP contribution in [0, 0.1) is 0 Å². The van der Waals surface area contributed by atoms with Gasteiger partial charge in [-0.05, 0) is 12.1 Å². The second-order valence-electron chi connectivity index (χ2n) is 2.88. The molecule has 0 radical (unpaired) electrons. The summed E-state index contributed by atoms with van der Waals surface area (Å²) in [5, 5.41) is 6.93. The van der Waals surface area contributed by atoms with E-state index < -0.39 is 0 Å². The lowest BCUT2D eigenvalue weighted by molar-refractivity contribution is 0.422. The number of rotatable bonds is 3. The molecular weight excluding hydrogens is 178 g/mol. The van der Waals surface area contributed by atoms with Crippen molar-refractivity contribution in [1.29, 1.82) is 0 Å². The molecule has 72 valence electrons. The molecule has 0 atom stereocenters. The van der Waals surface area contributed by atoms with Crippen LogP contribution < -0.4 is 11.1 Å². The number of nitrogens with two attached hydrogens (primary N) is 1. The van der Waals surface area contributed by atoms with Crippen LogP contribution in [0.25, 0.3) is 0 Å². The van der Waals surface area contributed by atoms with Gasteiger partial charge in [0.1, 0.15) is 6.26 Å². The van der Waals surface area contributed by atoms with E-state index in [2.05, 4.69) is 10.5 Å². The second kappa shape index (κ2) is 3.93. The summed E-state index contributed by atoms with van der Waals surface area (Å²) >= 11 is 0. The number of para-hydroxylation sites is 1. The lowest BCUT2D eigenvalue weighted by Gasteiger charge is -2.02. The molecule has 0 saturated carbocycles. The Morgan fingerprint density at radius 3 is 2.79 bits per heavy atom. The van der Waals surface area contributed by atoms with Crippen LogP contribution in [-0.4, -0.2) is 5.16 Å². The van der Waals surface area contributed by atoms with E-state index in [1.165, 1.54) is 0 Å². The van der Waals surface area contributed by atoms with Gasteiger partial charge in [-0.25, -0.2) is 0 Å². The number of nitrogens with zero attached hydrogens (tertiary/aromatic N) is 1. The van der Waals surface area contributed by atoms with Crippen LogP contribution in [0.2, 0.25) is 0 Å². The predicted molar refractivity (Wildman–Crippen MR) is 54.1 cm³/mol. The van der Waals surface area contributed by atoms with Crippen molar-refractivity contribution < 1.29 is 4.52 Å².